The van der Waals surface area contributed by atoms with Gasteiger partial charge in [-0.05, 0) is 31.0 Å². The first kappa shape index (κ1) is 15.6. The van der Waals surface area contributed by atoms with E-state index in [9.17, 15) is 9.59 Å². The van der Waals surface area contributed by atoms with Crippen LogP contribution < -0.4 is 16.0 Å². The van der Waals surface area contributed by atoms with Gasteiger partial charge in [0.05, 0.1) is 5.71 Å². The summed E-state index contributed by atoms with van der Waals surface area (Å²) in [6.45, 7) is 3.56. The molecule has 0 atom stereocenters. The molecular weight excluding hydrogens is 312 g/mol. The maximum atomic E-state index is 12.2. The quantitative estimate of drug-likeness (QED) is 0.576. The zero-order valence-electron chi connectivity index (χ0n) is 13.1. The van der Waals surface area contributed by atoms with E-state index < -0.39 is 11.2 Å². The zero-order valence-corrected chi connectivity index (χ0v) is 13.1. The molecule has 0 fully saturated rings. The second-order valence-electron chi connectivity index (χ2n) is 5.01. The summed E-state index contributed by atoms with van der Waals surface area (Å²) >= 11 is 0. The van der Waals surface area contributed by atoms with Crippen LogP contribution in [0.25, 0.3) is 11.1 Å². The van der Waals surface area contributed by atoms with Gasteiger partial charge < -0.3 is 9.25 Å². The van der Waals surface area contributed by atoms with Gasteiger partial charge in [0.15, 0.2) is 0 Å². The molecule has 0 aliphatic heterocycles. The number of oxime groups is 1. The fraction of sp³-hybridized carbons (Fsp3) is 0.188. The molecule has 3 rings (SSSR count). The second kappa shape index (κ2) is 6.45. The Bertz CT molecular complexity index is 1020. The fourth-order valence-electron chi connectivity index (χ4n) is 2.19. The van der Waals surface area contributed by atoms with Crippen molar-refractivity contribution in [1.29, 1.82) is 0 Å². The lowest BCUT2D eigenvalue weighted by Gasteiger charge is -2.03. The van der Waals surface area contributed by atoms with Crippen LogP contribution in [0.2, 0.25) is 0 Å². The predicted molar refractivity (Wildman–Crippen MR) is 87.4 cm³/mol. The van der Waals surface area contributed by atoms with Crippen LogP contribution in [-0.2, 0) is 6.42 Å². The third-order valence-electron chi connectivity index (χ3n) is 3.40. The smallest absolute Gasteiger partial charge is 0.337 e. The third-order valence-corrected chi connectivity index (χ3v) is 3.40. The van der Waals surface area contributed by atoms with Crippen molar-refractivity contribution < 1.29 is 9.25 Å². The van der Waals surface area contributed by atoms with Gasteiger partial charge in [0.1, 0.15) is 5.39 Å². The molecule has 0 unspecified atom stereocenters. The molecule has 0 amide bonds. The number of nitrogens with one attached hydrogen (secondary N) is 1. The first-order chi connectivity index (χ1) is 11.6. The van der Waals surface area contributed by atoms with Gasteiger partial charge in [-0.2, -0.15) is 4.98 Å². The summed E-state index contributed by atoms with van der Waals surface area (Å²) in [5, 5.41) is 4.14. The van der Waals surface area contributed by atoms with Crippen LogP contribution in [0.5, 0.6) is 6.01 Å². The van der Waals surface area contributed by atoms with Gasteiger partial charge in [-0.3, -0.25) is 14.8 Å². The second-order valence-corrected chi connectivity index (χ2v) is 5.01. The van der Waals surface area contributed by atoms with Gasteiger partial charge in [-0.15, -0.1) is 0 Å². The largest absolute Gasteiger partial charge is 0.403 e. The number of aromatic nitrogens is 3. The van der Waals surface area contributed by atoms with Gasteiger partial charge in [0.2, 0.25) is 5.71 Å². The Balaban J connectivity index is 2.00. The summed E-state index contributed by atoms with van der Waals surface area (Å²) in [6.07, 6.45) is 3.78. The van der Waals surface area contributed by atoms with Crippen LogP contribution in [0.1, 0.15) is 25.0 Å². The highest BCUT2D eigenvalue weighted by molar-refractivity contribution is 5.98. The zero-order chi connectivity index (χ0) is 17.1. The average molecular weight is 326 g/mol. The number of fused-ring (bicyclic) bond motifs is 1. The summed E-state index contributed by atoms with van der Waals surface area (Å²) in [7, 11) is 0. The molecule has 0 bridgehead atoms. The maximum absolute atomic E-state index is 12.2. The van der Waals surface area contributed by atoms with Gasteiger partial charge in [0.25, 0.3) is 5.56 Å². The van der Waals surface area contributed by atoms with Gasteiger partial charge in [-0.1, -0.05) is 12.1 Å². The minimum absolute atomic E-state index is 0.0765. The van der Waals surface area contributed by atoms with E-state index in [-0.39, 0.29) is 17.1 Å². The normalized spacial score (nSPS) is 11.7. The summed E-state index contributed by atoms with van der Waals surface area (Å²) in [4.78, 5) is 39.4. The summed E-state index contributed by atoms with van der Waals surface area (Å²) in [5.74, 6) is 0. The summed E-state index contributed by atoms with van der Waals surface area (Å²) in [6, 6.07) is 4.71. The van der Waals surface area contributed by atoms with E-state index in [2.05, 4.69) is 20.1 Å². The molecule has 8 heteroatoms. The Morgan fingerprint density at radius 1 is 1.42 bits per heavy atom. The molecule has 3 heterocycles. The first-order valence-electron chi connectivity index (χ1n) is 7.27. The highest BCUT2D eigenvalue weighted by Crippen LogP contribution is 2.13. The van der Waals surface area contributed by atoms with E-state index in [1.165, 1.54) is 6.07 Å². The minimum Gasteiger partial charge on any atom is -0.403 e. The Hall–Kier alpha value is -3.29. The number of H-pyrrole nitrogens is 1. The number of hydrogen-bond donors (Lipinski definition) is 1. The van der Waals surface area contributed by atoms with Crippen molar-refractivity contribution in [2.24, 2.45) is 5.16 Å². The number of rotatable bonds is 4. The molecule has 3 aromatic heterocycles. The van der Waals surface area contributed by atoms with Crippen molar-refractivity contribution >= 4 is 16.8 Å². The van der Waals surface area contributed by atoms with Crippen LogP contribution in [0, 0.1) is 0 Å². The fourth-order valence-corrected chi connectivity index (χ4v) is 2.19. The summed E-state index contributed by atoms with van der Waals surface area (Å²) < 4.78 is 4.99. The Morgan fingerprint density at radius 2 is 2.25 bits per heavy atom. The van der Waals surface area contributed by atoms with Crippen LogP contribution in [0.3, 0.4) is 0 Å². The molecule has 1 N–H and O–H groups in total. The van der Waals surface area contributed by atoms with Crippen molar-refractivity contribution in [3.8, 4) is 6.01 Å². The molecule has 0 aliphatic rings. The van der Waals surface area contributed by atoms with Crippen LogP contribution >= 0.6 is 0 Å². The molecule has 8 nitrogen and oxygen atoms in total. The first-order valence-corrected chi connectivity index (χ1v) is 7.27. The lowest BCUT2D eigenvalue weighted by Crippen LogP contribution is -2.14. The lowest BCUT2D eigenvalue weighted by molar-refractivity contribution is 0.311. The number of nitrogens with zero attached hydrogens (tertiary/aromatic N) is 3. The number of aryl methyl sites for hydroxylation is 1. The Kier molecular flexibility index (Phi) is 4.19. The monoisotopic (exact) mass is 326 g/mol. The Morgan fingerprint density at radius 3 is 2.96 bits per heavy atom. The lowest BCUT2D eigenvalue weighted by atomic mass is 10.1. The topological polar surface area (TPSA) is 110 Å². The van der Waals surface area contributed by atoms with Gasteiger partial charge in [0, 0.05) is 24.0 Å². The van der Waals surface area contributed by atoms with Crippen molar-refractivity contribution in [2.45, 2.75) is 20.3 Å². The molecule has 0 aromatic carbocycles. The van der Waals surface area contributed by atoms with Crippen LogP contribution in [0.4, 0.5) is 0 Å². The van der Waals surface area contributed by atoms with Crippen molar-refractivity contribution in [2.75, 3.05) is 0 Å². The number of aromatic amines is 1. The highest BCUT2D eigenvalue weighted by atomic mass is 16.6. The van der Waals surface area contributed by atoms with E-state index in [0.29, 0.717) is 17.7 Å². The molecule has 0 saturated heterocycles. The van der Waals surface area contributed by atoms with E-state index in [1.807, 2.05) is 13.0 Å². The van der Waals surface area contributed by atoms with Crippen molar-refractivity contribution in [3.05, 3.63) is 62.5 Å². The van der Waals surface area contributed by atoms with Gasteiger partial charge in [-0.25, -0.2) is 4.79 Å². The molecule has 0 saturated carbocycles. The van der Waals surface area contributed by atoms with Crippen molar-refractivity contribution in [1.82, 2.24) is 15.0 Å². The molecule has 0 aliphatic carbocycles. The van der Waals surface area contributed by atoms with Crippen molar-refractivity contribution in [3.63, 3.8) is 0 Å². The average Bonchev–Trinajstić information content (AvgIpc) is 2.59. The van der Waals surface area contributed by atoms with E-state index in [0.717, 1.165) is 5.56 Å². The predicted octanol–water partition coefficient (Wildman–Crippen LogP) is 1.64. The summed E-state index contributed by atoms with van der Waals surface area (Å²) in [5.41, 5.74) is 0.780. The molecule has 3 aromatic rings. The molecule has 24 heavy (non-hydrogen) atoms. The van der Waals surface area contributed by atoms with E-state index in [1.54, 1.807) is 25.4 Å². The Labute approximate surface area is 135 Å². The maximum Gasteiger partial charge on any atom is 0.337 e. The van der Waals surface area contributed by atoms with E-state index in [4.69, 9.17) is 9.25 Å². The van der Waals surface area contributed by atoms with E-state index >= 15 is 0 Å². The highest BCUT2D eigenvalue weighted by Gasteiger charge is 2.12. The standard InChI is InChI=1S/C16H14N4O4/c1-3-10-7-12(21)23-15-13(10)14(22)18-16(19-15)24-20-9(2)11-5-4-6-17-8-11/h4-8H,3H2,1-2H3,(H,18,19,22)/b20-9-. The van der Waals surface area contributed by atoms with Gasteiger partial charge >= 0.3 is 11.6 Å². The molecule has 0 radical (unpaired) electrons. The molecule has 0 spiro atoms. The van der Waals surface area contributed by atoms with Crippen LogP contribution in [0.15, 0.2) is 49.8 Å². The number of hydrogen-bond acceptors (Lipinski definition) is 7. The SMILES string of the molecule is CCc1cc(=O)oc2nc(O/N=C(/C)c3cccnc3)[nH]c(=O)c12. The molecule has 122 valence electrons. The third kappa shape index (κ3) is 3.07. The number of pyridine rings is 1. The van der Waals surface area contributed by atoms with Crippen LogP contribution in [-0.4, -0.2) is 20.7 Å². The minimum atomic E-state index is -0.571. The molecular formula is C16H14N4O4.